The van der Waals surface area contributed by atoms with Crippen LogP contribution < -0.4 is 10.3 Å². The van der Waals surface area contributed by atoms with Gasteiger partial charge in [-0.3, -0.25) is 9.20 Å². The summed E-state index contributed by atoms with van der Waals surface area (Å²) in [6.07, 6.45) is 1.02. The molecule has 0 bridgehead atoms. The van der Waals surface area contributed by atoms with Gasteiger partial charge in [0.05, 0.1) is 23.7 Å². The van der Waals surface area contributed by atoms with Crippen molar-refractivity contribution in [2.45, 2.75) is 37.6 Å². The Morgan fingerprint density at radius 1 is 1.18 bits per heavy atom. The van der Waals surface area contributed by atoms with E-state index in [-0.39, 0.29) is 5.56 Å². The lowest BCUT2D eigenvalue weighted by Gasteiger charge is -2.15. The highest BCUT2D eigenvalue weighted by atomic mass is 32.2. The molecule has 28 heavy (non-hydrogen) atoms. The van der Waals surface area contributed by atoms with Crippen LogP contribution in [0, 0.1) is 6.92 Å². The highest BCUT2D eigenvalue weighted by Crippen LogP contribution is 2.29. The first-order chi connectivity index (χ1) is 13.5. The van der Waals surface area contributed by atoms with E-state index in [1.165, 1.54) is 0 Å². The third-order valence-corrected chi connectivity index (χ3v) is 6.06. The number of ether oxygens (including phenoxy) is 1. The number of thioether (sulfide) groups is 1. The van der Waals surface area contributed by atoms with Crippen molar-refractivity contribution < 1.29 is 4.74 Å². The van der Waals surface area contributed by atoms with Crippen molar-refractivity contribution in [2.75, 3.05) is 7.11 Å². The lowest BCUT2D eigenvalue weighted by molar-refractivity contribution is 0.412. The largest absolute Gasteiger partial charge is 0.495 e. The van der Waals surface area contributed by atoms with Crippen LogP contribution in [0.5, 0.6) is 5.75 Å². The fourth-order valence-corrected chi connectivity index (χ4v) is 4.11. The average molecular weight is 395 g/mol. The fourth-order valence-electron chi connectivity index (χ4n) is 3.21. The van der Waals surface area contributed by atoms with Gasteiger partial charge >= 0.3 is 0 Å². The monoisotopic (exact) mass is 394 g/mol. The van der Waals surface area contributed by atoms with Gasteiger partial charge in [-0.05, 0) is 43.2 Å². The second-order valence-electron chi connectivity index (χ2n) is 6.79. The van der Waals surface area contributed by atoms with Crippen LogP contribution in [0.3, 0.4) is 0 Å². The molecule has 0 fully saturated rings. The first kappa shape index (κ1) is 18.6. The highest BCUT2D eigenvalue weighted by Gasteiger charge is 2.20. The van der Waals surface area contributed by atoms with Crippen molar-refractivity contribution in [1.82, 2.24) is 19.2 Å². The Morgan fingerprint density at radius 3 is 2.71 bits per heavy atom. The molecular formula is C21H22N4O2S. The van der Waals surface area contributed by atoms with E-state index in [2.05, 4.69) is 24.0 Å². The number of nitrogens with zero attached hydrogens (tertiary/aromatic N) is 4. The first-order valence-electron chi connectivity index (χ1n) is 9.25. The smallest absolute Gasteiger partial charge is 0.267 e. The molecule has 2 aromatic carbocycles. The average Bonchev–Trinajstić information content (AvgIpc) is 3.11. The first-order valence-corrected chi connectivity index (χ1v) is 10.1. The van der Waals surface area contributed by atoms with E-state index in [0.717, 1.165) is 22.7 Å². The van der Waals surface area contributed by atoms with Gasteiger partial charge < -0.3 is 4.74 Å². The molecule has 0 saturated heterocycles. The van der Waals surface area contributed by atoms with Gasteiger partial charge in [-0.1, -0.05) is 43.8 Å². The third-order valence-electron chi connectivity index (χ3n) is 4.85. The van der Waals surface area contributed by atoms with Gasteiger partial charge in [0.2, 0.25) is 5.78 Å². The van der Waals surface area contributed by atoms with E-state index in [1.807, 2.05) is 53.8 Å². The molecule has 144 valence electrons. The van der Waals surface area contributed by atoms with E-state index >= 15 is 0 Å². The lowest BCUT2D eigenvalue weighted by atomic mass is 10.2. The molecule has 0 aliphatic rings. The molecule has 0 spiro atoms. The van der Waals surface area contributed by atoms with E-state index in [4.69, 9.17) is 4.74 Å². The normalized spacial score (nSPS) is 12.6. The minimum absolute atomic E-state index is 0.139. The number of benzene rings is 2. The van der Waals surface area contributed by atoms with Crippen LogP contribution in [0.1, 0.15) is 25.8 Å². The van der Waals surface area contributed by atoms with E-state index in [0.29, 0.717) is 27.9 Å². The van der Waals surface area contributed by atoms with Crippen molar-refractivity contribution in [3.8, 4) is 11.4 Å². The summed E-state index contributed by atoms with van der Waals surface area (Å²) in [5, 5.41) is 10.6. The van der Waals surface area contributed by atoms with Crippen LogP contribution in [0.15, 0.2) is 52.4 Å². The van der Waals surface area contributed by atoms with E-state index < -0.39 is 0 Å². The lowest BCUT2D eigenvalue weighted by Crippen LogP contribution is -2.22. The molecule has 0 aliphatic carbocycles. The zero-order valence-electron chi connectivity index (χ0n) is 16.3. The Balaban J connectivity index is 2.14. The van der Waals surface area contributed by atoms with Gasteiger partial charge in [0.1, 0.15) is 5.75 Å². The minimum Gasteiger partial charge on any atom is -0.495 e. The molecule has 1 atom stereocenters. The summed E-state index contributed by atoms with van der Waals surface area (Å²) in [4.78, 5) is 13.4. The van der Waals surface area contributed by atoms with Crippen molar-refractivity contribution in [3.63, 3.8) is 0 Å². The molecular weight excluding hydrogens is 372 g/mol. The predicted molar refractivity (Wildman–Crippen MR) is 113 cm³/mol. The molecule has 4 aromatic rings. The van der Waals surface area contributed by atoms with E-state index in [9.17, 15) is 4.79 Å². The number of aromatic nitrogens is 4. The maximum Gasteiger partial charge on any atom is 0.267 e. The number of aryl methyl sites for hydroxylation is 1. The Hall–Kier alpha value is -2.80. The summed E-state index contributed by atoms with van der Waals surface area (Å²) in [7, 11) is 1.60. The van der Waals surface area contributed by atoms with Gasteiger partial charge in [0.15, 0.2) is 5.16 Å². The number of para-hydroxylation sites is 1. The van der Waals surface area contributed by atoms with Crippen molar-refractivity contribution in [2.24, 2.45) is 0 Å². The summed E-state index contributed by atoms with van der Waals surface area (Å²) >= 11 is 1.66. The van der Waals surface area contributed by atoms with Gasteiger partial charge in [0, 0.05) is 5.25 Å². The van der Waals surface area contributed by atoms with Crippen LogP contribution in [-0.2, 0) is 0 Å². The molecule has 0 amide bonds. The maximum absolute atomic E-state index is 13.4. The fraction of sp³-hybridized carbons (Fsp3) is 0.286. The number of rotatable bonds is 5. The van der Waals surface area contributed by atoms with Gasteiger partial charge in [-0.15, -0.1) is 10.2 Å². The Morgan fingerprint density at radius 2 is 1.96 bits per heavy atom. The Bertz CT molecular complexity index is 1230. The molecule has 0 radical (unpaired) electrons. The maximum atomic E-state index is 13.4. The summed E-state index contributed by atoms with van der Waals surface area (Å²) in [5.74, 6) is 1.10. The second kappa shape index (κ2) is 7.31. The molecule has 0 aliphatic heterocycles. The van der Waals surface area contributed by atoms with Gasteiger partial charge in [-0.25, -0.2) is 4.57 Å². The number of fused-ring (bicyclic) bond motifs is 3. The van der Waals surface area contributed by atoms with Crippen LogP contribution in [0.4, 0.5) is 0 Å². The number of hydrogen-bond acceptors (Lipinski definition) is 5. The van der Waals surface area contributed by atoms with E-state index in [1.54, 1.807) is 23.4 Å². The zero-order valence-corrected chi connectivity index (χ0v) is 17.2. The van der Waals surface area contributed by atoms with Crippen molar-refractivity contribution in [3.05, 3.63) is 58.4 Å². The third kappa shape index (κ3) is 2.96. The Kier molecular flexibility index (Phi) is 4.85. The second-order valence-corrected chi connectivity index (χ2v) is 8.19. The summed E-state index contributed by atoms with van der Waals surface area (Å²) in [6.45, 7) is 6.29. The predicted octanol–water partition coefficient (Wildman–Crippen LogP) is 4.24. The van der Waals surface area contributed by atoms with Crippen LogP contribution in [0.2, 0.25) is 0 Å². The van der Waals surface area contributed by atoms with Crippen LogP contribution >= 0.6 is 11.8 Å². The highest BCUT2D eigenvalue weighted by molar-refractivity contribution is 7.99. The zero-order chi connectivity index (χ0) is 19.8. The SMILES string of the molecule is CCC(C)Sc1nnc2n(-c3cc(C)ccc3OC)c(=O)c3ccccc3n12. The minimum atomic E-state index is -0.139. The number of methoxy groups -OCH3 is 1. The molecule has 1 unspecified atom stereocenters. The molecule has 0 saturated carbocycles. The molecule has 0 N–H and O–H groups in total. The van der Waals surface area contributed by atoms with Gasteiger partial charge in [0.25, 0.3) is 5.56 Å². The summed E-state index contributed by atoms with van der Waals surface area (Å²) in [5.41, 5.74) is 2.36. The quantitative estimate of drug-likeness (QED) is 0.474. The topological polar surface area (TPSA) is 61.4 Å². The Labute approximate surface area is 167 Å². The summed E-state index contributed by atoms with van der Waals surface area (Å²) in [6, 6.07) is 13.3. The van der Waals surface area contributed by atoms with Crippen LogP contribution in [0.25, 0.3) is 22.4 Å². The molecule has 6 nitrogen and oxygen atoms in total. The summed E-state index contributed by atoms with van der Waals surface area (Å²) < 4.78 is 9.10. The molecule has 4 rings (SSSR count). The van der Waals surface area contributed by atoms with Gasteiger partial charge in [-0.2, -0.15) is 0 Å². The van der Waals surface area contributed by atoms with Crippen LogP contribution in [-0.4, -0.2) is 31.5 Å². The molecule has 2 heterocycles. The molecule has 7 heteroatoms. The van der Waals surface area contributed by atoms with Crippen molar-refractivity contribution >= 4 is 28.4 Å². The number of hydrogen-bond donors (Lipinski definition) is 0. The standard InChI is InChI=1S/C21H22N4O2S/c1-5-14(3)28-21-23-22-20-24(17-12-13(2)10-11-18(17)27-4)19(26)15-8-6-7-9-16(15)25(20)21/h6-12,14H,5H2,1-4H3. The molecule has 2 aromatic heterocycles. The van der Waals surface area contributed by atoms with Crippen molar-refractivity contribution in [1.29, 1.82) is 0 Å².